The molecule has 0 aliphatic carbocycles. The predicted molar refractivity (Wildman–Crippen MR) is 318 cm³/mol. The van der Waals surface area contributed by atoms with Crippen LogP contribution >= 0.6 is 22.9 Å². The van der Waals surface area contributed by atoms with Gasteiger partial charge in [-0.2, -0.15) is 4.98 Å². The molecule has 8 rings (SSSR count). The summed E-state index contributed by atoms with van der Waals surface area (Å²) in [5.74, 6) is 0.278. The summed E-state index contributed by atoms with van der Waals surface area (Å²) < 4.78 is 32.0. The number of aliphatic hydroxyl groups excluding tert-OH is 1. The molecule has 2 aromatic heterocycles. The van der Waals surface area contributed by atoms with Crippen molar-refractivity contribution in [1.82, 2.24) is 40.3 Å². The third-order valence-electron chi connectivity index (χ3n) is 15.5. The predicted octanol–water partition coefficient (Wildman–Crippen LogP) is 8.50. The first-order valence-corrected chi connectivity index (χ1v) is 30.9. The second kappa shape index (κ2) is 27.1. The van der Waals surface area contributed by atoms with Crippen LogP contribution in [0, 0.1) is 12.3 Å². The van der Waals surface area contributed by atoms with E-state index in [0.29, 0.717) is 49.1 Å². The molecule has 3 fully saturated rings. The highest BCUT2D eigenvalue weighted by molar-refractivity contribution is 7.92. The molecule has 22 heteroatoms. The molecule has 0 radical (unpaired) electrons. The van der Waals surface area contributed by atoms with Crippen molar-refractivity contribution in [1.29, 1.82) is 0 Å². The van der Waals surface area contributed by atoms with Crippen LogP contribution in [0.2, 0.25) is 5.02 Å². The van der Waals surface area contributed by atoms with Crippen LogP contribution in [0.3, 0.4) is 0 Å². The standard InChI is InChI=1S/C59H78ClN11O8S2/c1-38(2)81(77,78)50-15-13-12-14-47(50)64-55-45(60)35-62-58(67-55)65-46-23-22-43(32-49(46)79-7)68-26-24-42(25-27-68)69-28-30-70(31-29-69)52(74)17-11-9-8-10-16-51(73)66-54(59(4,5)6)57(76)71-36-44(72)33-48(71)56(75)61-34-40-18-20-41(21-19-40)53-39(3)63-37-80-53/h12-15,18-23,32,35,37-38,42,44,48,54,72H,8-11,16-17,24-31,33-34,36H2,1-7H3,(H,61,75)(H,66,73)(H2,62,64,65,67)/t44-,48+,54?/m1/s1. The van der Waals surface area contributed by atoms with Gasteiger partial charge in [-0.15, -0.1) is 11.3 Å². The van der Waals surface area contributed by atoms with E-state index in [1.54, 1.807) is 56.6 Å². The Labute approximate surface area is 485 Å². The second-order valence-corrected chi connectivity index (χ2v) is 26.3. The minimum absolute atomic E-state index is 0.00798. The molecule has 3 aliphatic heterocycles. The van der Waals surface area contributed by atoms with E-state index in [0.717, 1.165) is 85.7 Å². The third-order valence-corrected chi connectivity index (χ3v) is 19.0. The van der Waals surface area contributed by atoms with Crippen LogP contribution in [0.5, 0.6) is 5.75 Å². The number of likely N-dealkylation sites (tertiary alicyclic amines) is 1. The van der Waals surface area contributed by atoms with Gasteiger partial charge >= 0.3 is 0 Å². The van der Waals surface area contributed by atoms with Crippen molar-refractivity contribution < 1.29 is 37.4 Å². The molecule has 3 aromatic carbocycles. The number of rotatable bonds is 22. The Morgan fingerprint density at radius 2 is 1.58 bits per heavy atom. The van der Waals surface area contributed by atoms with Gasteiger partial charge in [-0.1, -0.05) is 81.6 Å². The molecule has 5 heterocycles. The van der Waals surface area contributed by atoms with E-state index in [4.69, 9.17) is 16.3 Å². The number of methoxy groups -OCH3 is 1. The lowest BCUT2D eigenvalue weighted by atomic mass is 9.85. The number of aromatic nitrogens is 3. The number of para-hydroxylation sites is 1. The number of nitrogens with zero attached hydrogens (tertiary/aromatic N) is 7. The number of ether oxygens (including phenoxy) is 1. The number of benzene rings is 3. The molecule has 0 bridgehead atoms. The number of thiazole rings is 1. The van der Waals surface area contributed by atoms with E-state index in [-0.39, 0.29) is 71.2 Å². The Morgan fingerprint density at radius 3 is 2.25 bits per heavy atom. The van der Waals surface area contributed by atoms with Crippen molar-refractivity contribution in [2.75, 3.05) is 68.5 Å². The molecule has 4 amide bonds. The lowest BCUT2D eigenvalue weighted by Crippen LogP contribution is -2.57. The Hall–Kier alpha value is -6.39. The average molecular weight is 1170 g/mol. The minimum Gasteiger partial charge on any atom is -0.494 e. The highest BCUT2D eigenvalue weighted by Crippen LogP contribution is 2.36. The minimum atomic E-state index is -3.58. The summed E-state index contributed by atoms with van der Waals surface area (Å²) in [5, 5.41) is 22.5. The maximum atomic E-state index is 14.1. The number of hydrogen-bond donors (Lipinski definition) is 5. The topological polar surface area (TPSA) is 232 Å². The molecular formula is C59H78ClN11O8S2. The van der Waals surface area contributed by atoms with Crippen molar-refractivity contribution in [3.63, 3.8) is 0 Å². The number of piperidine rings is 1. The fourth-order valence-corrected chi connectivity index (χ4v) is 12.9. The molecule has 3 aliphatic rings. The van der Waals surface area contributed by atoms with Crippen molar-refractivity contribution in [2.45, 2.75) is 140 Å². The van der Waals surface area contributed by atoms with E-state index in [1.165, 1.54) is 11.1 Å². The number of carbonyl (C=O) groups excluding carboxylic acids is 4. The van der Waals surface area contributed by atoms with Crippen LogP contribution in [-0.2, 0) is 35.6 Å². The molecule has 0 saturated carbocycles. The second-order valence-electron chi connectivity index (χ2n) is 22.6. The van der Waals surface area contributed by atoms with E-state index in [1.807, 2.05) is 80.6 Å². The van der Waals surface area contributed by atoms with E-state index in [2.05, 4.69) is 46.0 Å². The Balaban J connectivity index is 0.722. The van der Waals surface area contributed by atoms with Gasteiger partial charge < -0.3 is 45.8 Å². The average Bonchev–Trinajstić information content (AvgIpc) is 4.09. The number of piperazine rings is 1. The number of nitrogens with one attached hydrogen (secondary N) is 4. The number of aliphatic hydroxyl groups is 1. The molecule has 436 valence electrons. The first-order chi connectivity index (χ1) is 38.7. The highest BCUT2D eigenvalue weighted by Gasteiger charge is 2.44. The van der Waals surface area contributed by atoms with Gasteiger partial charge in [-0.3, -0.25) is 24.1 Å². The summed E-state index contributed by atoms with van der Waals surface area (Å²) in [6, 6.07) is 19.2. The summed E-state index contributed by atoms with van der Waals surface area (Å²) in [4.78, 5) is 77.0. The molecular weight excluding hydrogens is 1090 g/mol. The molecule has 3 saturated heterocycles. The van der Waals surface area contributed by atoms with Gasteiger partial charge in [0.1, 0.15) is 22.9 Å². The normalized spacial score (nSPS) is 17.7. The zero-order valence-corrected chi connectivity index (χ0v) is 49.9. The van der Waals surface area contributed by atoms with E-state index in [9.17, 15) is 32.7 Å². The summed E-state index contributed by atoms with van der Waals surface area (Å²) in [7, 11) is -1.97. The number of halogens is 1. The number of anilines is 5. The number of carbonyl (C=O) groups is 4. The fraction of sp³-hybridized carbons (Fsp3) is 0.508. The maximum Gasteiger partial charge on any atom is 0.246 e. The Morgan fingerprint density at radius 1 is 0.877 bits per heavy atom. The first-order valence-electron chi connectivity index (χ1n) is 28.1. The van der Waals surface area contributed by atoms with Gasteiger partial charge in [0.25, 0.3) is 0 Å². The summed E-state index contributed by atoms with van der Waals surface area (Å²) in [6.45, 7) is 16.0. The van der Waals surface area contributed by atoms with Gasteiger partial charge in [0.2, 0.25) is 29.6 Å². The van der Waals surface area contributed by atoms with Crippen molar-refractivity contribution >= 4 is 85.2 Å². The lowest BCUT2D eigenvalue weighted by Gasteiger charge is -2.43. The molecule has 5 aromatic rings. The number of amides is 4. The van der Waals surface area contributed by atoms with Crippen LogP contribution < -0.4 is 30.9 Å². The number of β-amino-alcohol motifs (C(OH)–C–C–N with tert-alkyl or cyclic N) is 1. The van der Waals surface area contributed by atoms with Gasteiger partial charge in [0.15, 0.2) is 15.7 Å². The number of aryl methyl sites for hydroxylation is 1. The Kier molecular flexibility index (Phi) is 20.3. The van der Waals surface area contributed by atoms with Crippen LogP contribution in [0.25, 0.3) is 10.4 Å². The smallest absolute Gasteiger partial charge is 0.246 e. The summed E-state index contributed by atoms with van der Waals surface area (Å²) >= 11 is 8.06. The third kappa shape index (κ3) is 15.4. The molecule has 3 atom stereocenters. The van der Waals surface area contributed by atoms with Crippen LogP contribution in [-0.4, -0.2) is 149 Å². The van der Waals surface area contributed by atoms with E-state index >= 15 is 0 Å². The van der Waals surface area contributed by atoms with E-state index < -0.39 is 38.7 Å². The largest absolute Gasteiger partial charge is 0.494 e. The summed E-state index contributed by atoms with van der Waals surface area (Å²) in [5.41, 5.74) is 6.13. The Bertz CT molecular complexity index is 3100. The van der Waals surface area contributed by atoms with Crippen LogP contribution in [0.15, 0.2) is 83.3 Å². The highest BCUT2D eigenvalue weighted by atomic mass is 35.5. The monoisotopic (exact) mass is 1170 g/mol. The van der Waals surface area contributed by atoms with Crippen molar-refractivity contribution in [2.24, 2.45) is 5.41 Å². The number of hydrogen-bond acceptors (Lipinski definition) is 16. The van der Waals surface area contributed by atoms with Crippen LogP contribution in [0.1, 0.15) is 104 Å². The maximum absolute atomic E-state index is 14.1. The molecule has 81 heavy (non-hydrogen) atoms. The van der Waals surface area contributed by atoms with Crippen molar-refractivity contribution in [3.8, 4) is 16.2 Å². The molecule has 0 spiro atoms. The first kappa shape index (κ1) is 60.7. The molecule has 19 nitrogen and oxygen atoms in total. The fourth-order valence-electron chi connectivity index (χ4n) is 10.7. The van der Waals surface area contributed by atoms with Crippen LogP contribution in [0.4, 0.5) is 28.8 Å². The number of unbranched alkanes of at least 4 members (excludes halogenated alkanes) is 3. The summed E-state index contributed by atoms with van der Waals surface area (Å²) in [6.07, 6.45) is 6.32. The van der Waals surface area contributed by atoms with Gasteiger partial charge in [0, 0.05) is 89.4 Å². The zero-order chi connectivity index (χ0) is 58.0. The number of sulfone groups is 1. The molecule has 5 N–H and O–H groups in total. The van der Waals surface area contributed by atoms with Crippen molar-refractivity contribution in [3.05, 3.63) is 94.7 Å². The van der Waals surface area contributed by atoms with Gasteiger partial charge in [0.05, 0.1) is 57.0 Å². The van der Waals surface area contributed by atoms with Gasteiger partial charge in [-0.25, -0.2) is 18.4 Å². The lowest BCUT2D eigenvalue weighted by molar-refractivity contribution is -0.144. The quantitative estimate of drug-likeness (QED) is 0.0409. The molecule has 1 unspecified atom stereocenters. The zero-order valence-electron chi connectivity index (χ0n) is 47.5. The van der Waals surface area contributed by atoms with Gasteiger partial charge in [-0.05, 0) is 87.3 Å². The SMILES string of the molecule is COc1cc(N2CCC(N3CCN(C(=O)CCCCCCC(=O)NC(C(=O)N4C[C@H](O)C[C@H]4C(=O)NCc4ccc(-c5scnc5C)cc4)C(C)(C)C)CC3)CC2)ccc1Nc1ncc(Cl)c(Nc2ccccc2S(=O)(=O)C(C)C)n1.